The number of fused-ring (bicyclic) bond motifs is 1. The lowest BCUT2D eigenvalue weighted by atomic mass is 10.1. The van der Waals surface area contributed by atoms with Crippen molar-refractivity contribution in [1.29, 1.82) is 0 Å². The highest BCUT2D eigenvalue weighted by Gasteiger charge is 2.25. The molecule has 2 rings (SSSR count). The highest BCUT2D eigenvalue weighted by Crippen LogP contribution is 2.36. The molecular formula is C11H8F4O3. The predicted molar refractivity (Wildman–Crippen MR) is 52.4 cm³/mol. The van der Waals surface area contributed by atoms with Crippen LogP contribution < -0.4 is 9.47 Å². The summed E-state index contributed by atoms with van der Waals surface area (Å²) in [5.41, 5.74) is 0.713. The van der Waals surface area contributed by atoms with E-state index in [9.17, 15) is 22.4 Å². The quantitative estimate of drug-likeness (QED) is 0.784. The number of ether oxygens (including phenoxy) is 2. The minimum atomic E-state index is -3.18. The van der Waals surface area contributed by atoms with Crippen molar-refractivity contribution in [3.05, 3.63) is 23.3 Å². The van der Waals surface area contributed by atoms with E-state index in [2.05, 4.69) is 9.47 Å². The van der Waals surface area contributed by atoms with Crippen LogP contribution in [0.15, 0.2) is 12.1 Å². The summed E-state index contributed by atoms with van der Waals surface area (Å²) in [7, 11) is 0. The average molecular weight is 264 g/mol. The number of rotatable bonds is 4. The Bertz CT molecular complexity index is 474. The van der Waals surface area contributed by atoms with E-state index < -0.39 is 24.7 Å². The molecule has 3 nitrogen and oxygen atoms in total. The third-order valence-electron chi connectivity index (χ3n) is 2.52. The maximum absolute atomic E-state index is 12.1. The van der Waals surface area contributed by atoms with Gasteiger partial charge in [0.05, 0.1) is 0 Å². The molecular weight excluding hydrogens is 256 g/mol. The van der Waals surface area contributed by atoms with Gasteiger partial charge in [0.1, 0.15) is 0 Å². The van der Waals surface area contributed by atoms with E-state index in [1.165, 1.54) is 0 Å². The van der Waals surface area contributed by atoms with Crippen LogP contribution in [0.3, 0.4) is 0 Å². The van der Waals surface area contributed by atoms with E-state index in [0.717, 1.165) is 12.1 Å². The van der Waals surface area contributed by atoms with Crippen molar-refractivity contribution in [3.63, 3.8) is 0 Å². The Labute approximate surface area is 99.3 Å². The first-order valence-electron chi connectivity index (χ1n) is 5.07. The molecule has 18 heavy (non-hydrogen) atoms. The number of benzene rings is 1. The topological polar surface area (TPSA) is 35.5 Å². The zero-order valence-electron chi connectivity index (χ0n) is 8.96. The molecule has 98 valence electrons. The number of ketones is 1. The number of hydrogen-bond donors (Lipinski definition) is 0. The van der Waals surface area contributed by atoms with Gasteiger partial charge in [-0.3, -0.25) is 4.79 Å². The lowest BCUT2D eigenvalue weighted by molar-refractivity contribution is -0.0692. The molecule has 0 bridgehead atoms. The molecule has 0 saturated heterocycles. The Morgan fingerprint density at radius 1 is 0.944 bits per heavy atom. The second-order valence-electron chi connectivity index (χ2n) is 3.64. The standard InChI is InChI=1S/C11H8F4O3/c12-10(13)17-8-3-5-1-2-7(16)6(5)4-9(8)18-11(14)15/h3-4,10-11H,1-2H2. The molecule has 0 aliphatic heterocycles. The molecule has 0 radical (unpaired) electrons. The van der Waals surface area contributed by atoms with Gasteiger partial charge >= 0.3 is 13.2 Å². The third-order valence-corrected chi connectivity index (χ3v) is 2.52. The van der Waals surface area contributed by atoms with Gasteiger partial charge in [-0.15, -0.1) is 0 Å². The average Bonchev–Trinajstić information content (AvgIpc) is 2.59. The number of halogens is 4. The number of hydrogen-bond acceptors (Lipinski definition) is 3. The lowest BCUT2D eigenvalue weighted by Gasteiger charge is -2.13. The molecule has 0 unspecified atom stereocenters. The Morgan fingerprint density at radius 2 is 1.50 bits per heavy atom. The molecule has 7 heteroatoms. The molecule has 0 spiro atoms. The van der Waals surface area contributed by atoms with E-state index in [1.807, 2.05) is 0 Å². The van der Waals surface area contributed by atoms with E-state index in [1.54, 1.807) is 0 Å². The number of aryl methyl sites for hydroxylation is 1. The molecule has 1 aromatic carbocycles. The van der Waals surface area contributed by atoms with Crippen LogP contribution in [0.4, 0.5) is 17.6 Å². The smallest absolute Gasteiger partial charge is 0.387 e. The SMILES string of the molecule is O=C1CCc2cc(OC(F)F)c(OC(F)F)cc21. The highest BCUT2D eigenvalue weighted by molar-refractivity contribution is 6.01. The van der Waals surface area contributed by atoms with Crippen molar-refractivity contribution in [2.45, 2.75) is 26.1 Å². The van der Waals surface area contributed by atoms with Crippen LogP contribution in [0.25, 0.3) is 0 Å². The lowest BCUT2D eigenvalue weighted by Crippen LogP contribution is -2.08. The van der Waals surface area contributed by atoms with Crippen molar-refractivity contribution in [2.24, 2.45) is 0 Å². The number of Topliss-reactive ketones (excluding diaryl/α,β-unsaturated/α-hetero) is 1. The Kier molecular flexibility index (Phi) is 3.40. The number of carbonyl (C=O) groups excluding carboxylic acids is 1. The van der Waals surface area contributed by atoms with Crippen LogP contribution in [0, 0.1) is 0 Å². The van der Waals surface area contributed by atoms with Gasteiger partial charge < -0.3 is 9.47 Å². The maximum atomic E-state index is 12.1. The monoisotopic (exact) mass is 264 g/mol. The molecule has 1 aliphatic rings. The molecule has 0 heterocycles. The largest absolute Gasteiger partial charge is 0.431 e. The molecule has 1 aromatic rings. The molecule has 0 fully saturated rings. The van der Waals surface area contributed by atoms with Crippen molar-refractivity contribution in [2.75, 3.05) is 0 Å². The fraction of sp³-hybridized carbons (Fsp3) is 0.364. The van der Waals surface area contributed by atoms with Crippen molar-refractivity contribution >= 4 is 5.78 Å². The van der Waals surface area contributed by atoms with Crippen LogP contribution in [-0.4, -0.2) is 19.0 Å². The van der Waals surface area contributed by atoms with E-state index in [0.29, 0.717) is 12.0 Å². The first-order chi connectivity index (χ1) is 8.47. The zero-order valence-corrected chi connectivity index (χ0v) is 8.96. The molecule has 1 aliphatic carbocycles. The fourth-order valence-corrected chi connectivity index (χ4v) is 1.83. The normalized spacial score (nSPS) is 14.2. The molecule has 0 N–H and O–H groups in total. The van der Waals surface area contributed by atoms with Gasteiger partial charge in [-0.1, -0.05) is 0 Å². The summed E-state index contributed by atoms with van der Waals surface area (Å²) in [6, 6.07) is 2.17. The Balaban J connectivity index is 2.40. The second kappa shape index (κ2) is 4.83. The van der Waals surface area contributed by atoms with Crippen LogP contribution in [0.1, 0.15) is 22.3 Å². The fourth-order valence-electron chi connectivity index (χ4n) is 1.83. The van der Waals surface area contributed by atoms with Crippen molar-refractivity contribution in [3.8, 4) is 11.5 Å². The van der Waals surface area contributed by atoms with Crippen molar-refractivity contribution < 1.29 is 31.8 Å². The minimum Gasteiger partial charge on any atom is -0.431 e. The maximum Gasteiger partial charge on any atom is 0.387 e. The summed E-state index contributed by atoms with van der Waals surface area (Å²) in [5.74, 6) is -1.27. The highest BCUT2D eigenvalue weighted by atomic mass is 19.3. The predicted octanol–water partition coefficient (Wildman–Crippen LogP) is 3.02. The summed E-state index contributed by atoms with van der Waals surface area (Å²) >= 11 is 0. The van der Waals surface area contributed by atoms with Gasteiger partial charge in [-0.05, 0) is 24.1 Å². The van der Waals surface area contributed by atoms with Crippen LogP contribution in [0.5, 0.6) is 11.5 Å². The summed E-state index contributed by atoms with van der Waals surface area (Å²) in [5, 5.41) is 0. The van der Waals surface area contributed by atoms with E-state index in [-0.39, 0.29) is 17.8 Å². The molecule has 0 aromatic heterocycles. The first kappa shape index (κ1) is 12.7. The summed E-state index contributed by atoms with van der Waals surface area (Å²) < 4.78 is 56.7. The van der Waals surface area contributed by atoms with Gasteiger partial charge in [0.15, 0.2) is 17.3 Å². The van der Waals surface area contributed by atoms with Gasteiger partial charge in [0.25, 0.3) is 0 Å². The molecule has 0 saturated carbocycles. The zero-order chi connectivity index (χ0) is 13.3. The molecule has 0 atom stereocenters. The first-order valence-corrected chi connectivity index (χ1v) is 5.07. The second-order valence-corrected chi connectivity index (χ2v) is 3.64. The van der Waals surface area contributed by atoms with Gasteiger partial charge in [0, 0.05) is 12.0 Å². The molecule has 0 amide bonds. The van der Waals surface area contributed by atoms with Gasteiger partial charge in [-0.2, -0.15) is 17.6 Å². The summed E-state index contributed by atoms with van der Waals surface area (Å²) in [6.07, 6.45) is 0.601. The number of carbonyl (C=O) groups is 1. The minimum absolute atomic E-state index is 0.215. The number of alkyl halides is 4. The third kappa shape index (κ3) is 2.55. The van der Waals surface area contributed by atoms with E-state index in [4.69, 9.17) is 0 Å². The van der Waals surface area contributed by atoms with Gasteiger partial charge in [0.2, 0.25) is 0 Å². The summed E-state index contributed by atoms with van der Waals surface area (Å²) in [6.45, 7) is -6.33. The van der Waals surface area contributed by atoms with Crippen LogP contribution >= 0.6 is 0 Å². The Morgan fingerprint density at radius 3 is 2.06 bits per heavy atom. The van der Waals surface area contributed by atoms with Crippen molar-refractivity contribution in [1.82, 2.24) is 0 Å². The van der Waals surface area contributed by atoms with Gasteiger partial charge in [-0.25, -0.2) is 0 Å². The van der Waals surface area contributed by atoms with Crippen LogP contribution in [-0.2, 0) is 6.42 Å². The van der Waals surface area contributed by atoms with E-state index >= 15 is 0 Å². The Hall–Kier alpha value is -1.79. The van der Waals surface area contributed by atoms with Crippen LogP contribution in [0.2, 0.25) is 0 Å². The summed E-state index contributed by atoms with van der Waals surface area (Å²) in [4.78, 5) is 11.4.